The number of carbonyl (C=O) groups is 1. The number of nitrogens with one attached hydrogen (secondary N) is 1. The van der Waals surface area contributed by atoms with E-state index in [0.29, 0.717) is 25.3 Å². The Kier molecular flexibility index (Phi) is 5.44. The summed E-state index contributed by atoms with van der Waals surface area (Å²) in [5.41, 5.74) is 11.4. The smallest absolute Gasteiger partial charge is 0.241 e. The summed E-state index contributed by atoms with van der Waals surface area (Å²) in [5.74, 6) is -0.0782. The highest BCUT2D eigenvalue weighted by molar-refractivity contribution is 5.75. The number of unbranched alkanes of at least 4 members (excludes halogenated alkanes) is 1. The molecule has 0 atom stereocenters. The second kappa shape index (κ2) is 6.91. The first-order valence-electron chi connectivity index (χ1n) is 5.32. The first-order valence-corrected chi connectivity index (χ1v) is 5.32. The van der Waals surface area contributed by atoms with Gasteiger partial charge in [0.1, 0.15) is 6.54 Å². The molecule has 1 aromatic heterocycles. The molecule has 16 heavy (non-hydrogen) atoms. The number of amides is 1. The summed E-state index contributed by atoms with van der Waals surface area (Å²) < 4.78 is 1.47. The predicted octanol–water partition coefficient (Wildman–Crippen LogP) is -1.41. The molecule has 0 saturated heterocycles. The Morgan fingerprint density at radius 1 is 1.44 bits per heavy atom. The fourth-order valence-corrected chi connectivity index (χ4v) is 1.21. The average Bonchev–Trinajstić information content (AvgIpc) is 2.72. The summed E-state index contributed by atoms with van der Waals surface area (Å²) >= 11 is 0. The van der Waals surface area contributed by atoms with E-state index in [0.717, 1.165) is 12.8 Å². The number of aromatic nitrogens is 3. The zero-order valence-electron chi connectivity index (χ0n) is 9.22. The van der Waals surface area contributed by atoms with Gasteiger partial charge in [-0.15, -0.1) is 5.10 Å². The zero-order valence-corrected chi connectivity index (χ0v) is 9.22. The van der Waals surface area contributed by atoms with Crippen LogP contribution in [0.1, 0.15) is 18.5 Å². The SMILES string of the molecule is NCCCCNC(=O)Cn1cc(CN)nn1. The number of hydrogen-bond donors (Lipinski definition) is 3. The van der Waals surface area contributed by atoms with Crippen molar-refractivity contribution in [2.75, 3.05) is 13.1 Å². The summed E-state index contributed by atoms with van der Waals surface area (Å²) in [6.07, 6.45) is 3.48. The van der Waals surface area contributed by atoms with Crippen molar-refractivity contribution in [2.45, 2.75) is 25.9 Å². The van der Waals surface area contributed by atoms with Gasteiger partial charge in [0.2, 0.25) is 5.91 Å². The molecule has 1 aromatic rings. The molecule has 7 heteroatoms. The molecule has 0 aromatic carbocycles. The van der Waals surface area contributed by atoms with Crippen molar-refractivity contribution in [3.05, 3.63) is 11.9 Å². The van der Waals surface area contributed by atoms with Crippen molar-refractivity contribution in [3.63, 3.8) is 0 Å². The molecule has 1 amide bonds. The first-order chi connectivity index (χ1) is 7.76. The third kappa shape index (κ3) is 4.37. The van der Waals surface area contributed by atoms with Crippen LogP contribution in [-0.4, -0.2) is 34.0 Å². The Morgan fingerprint density at radius 2 is 2.25 bits per heavy atom. The normalized spacial score (nSPS) is 10.4. The second-order valence-corrected chi connectivity index (χ2v) is 3.46. The molecule has 1 rings (SSSR count). The van der Waals surface area contributed by atoms with Gasteiger partial charge >= 0.3 is 0 Å². The molecule has 0 bridgehead atoms. The largest absolute Gasteiger partial charge is 0.354 e. The second-order valence-electron chi connectivity index (χ2n) is 3.46. The Balaban J connectivity index is 2.23. The lowest BCUT2D eigenvalue weighted by Crippen LogP contribution is -2.28. The van der Waals surface area contributed by atoms with Crippen LogP contribution in [0.25, 0.3) is 0 Å². The van der Waals surface area contributed by atoms with Crippen molar-refractivity contribution in [2.24, 2.45) is 11.5 Å². The number of nitrogens with two attached hydrogens (primary N) is 2. The van der Waals surface area contributed by atoms with Gasteiger partial charge in [-0.05, 0) is 19.4 Å². The number of rotatable bonds is 7. The maximum Gasteiger partial charge on any atom is 0.241 e. The molecule has 0 radical (unpaired) electrons. The molecule has 5 N–H and O–H groups in total. The summed E-state index contributed by atoms with van der Waals surface area (Å²) in [4.78, 5) is 11.4. The van der Waals surface area contributed by atoms with Crippen molar-refractivity contribution in [3.8, 4) is 0 Å². The standard InChI is InChI=1S/C9H18N6O/c10-3-1-2-4-12-9(16)7-15-6-8(5-11)13-14-15/h6H,1-5,7,10-11H2,(H,12,16). The third-order valence-corrected chi connectivity index (χ3v) is 2.05. The zero-order chi connectivity index (χ0) is 11.8. The van der Waals surface area contributed by atoms with E-state index in [-0.39, 0.29) is 12.5 Å². The summed E-state index contributed by atoms with van der Waals surface area (Å²) in [5, 5.41) is 10.3. The van der Waals surface area contributed by atoms with Crippen LogP contribution in [0.15, 0.2) is 6.20 Å². The van der Waals surface area contributed by atoms with Gasteiger partial charge in [-0.1, -0.05) is 5.21 Å². The van der Waals surface area contributed by atoms with E-state index < -0.39 is 0 Å². The molecular formula is C9H18N6O. The van der Waals surface area contributed by atoms with Crippen LogP contribution in [0.2, 0.25) is 0 Å². The van der Waals surface area contributed by atoms with E-state index in [4.69, 9.17) is 11.5 Å². The molecule has 90 valence electrons. The van der Waals surface area contributed by atoms with Crippen LogP contribution in [0.5, 0.6) is 0 Å². The molecule has 0 aliphatic carbocycles. The lowest BCUT2D eigenvalue weighted by molar-refractivity contribution is -0.121. The van der Waals surface area contributed by atoms with E-state index in [1.165, 1.54) is 4.68 Å². The first kappa shape index (κ1) is 12.6. The van der Waals surface area contributed by atoms with Crippen LogP contribution < -0.4 is 16.8 Å². The third-order valence-electron chi connectivity index (χ3n) is 2.05. The van der Waals surface area contributed by atoms with Crippen LogP contribution in [0.4, 0.5) is 0 Å². The maximum atomic E-state index is 11.4. The number of nitrogens with zero attached hydrogens (tertiary/aromatic N) is 3. The van der Waals surface area contributed by atoms with E-state index in [1.54, 1.807) is 6.20 Å². The Morgan fingerprint density at radius 3 is 2.88 bits per heavy atom. The number of carbonyl (C=O) groups excluding carboxylic acids is 1. The average molecular weight is 226 g/mol. The minimum atomic E-state index is -0.0782. The van der Waals surface area contributed by atoms with Gasteiger partial charge in [0.05, 0.1) is 11.9 Å². The molecule has 0 aliphatic heterocycles. The van der Waals surface area contributed by atoms with Crippen molar-refractivity contribution in [1.82, 2.24) is 20.3 Å². The van der Waals surface area contributed by atoms with Gasteiger partial charge in [-0.3, -0.25) is 4.79 Å². The van der Waals surface area contributed by atoms with Gasteiger partial charge < -0.3 is 16.8 Å². The summed E-state index contributed by atoms with van der Waals surface area (Å²) in [7, 11) is 0. The van der Waals surface area contributed by atoms with Gasteiger partial charge in [0.25, 0.3) is 0 Å². The maximum absolute atomic E-state index is 11.4. The molecule has 0 saturated carbocycles. The monoisotopic (exact) mass is 226 g/mol. The molecular weight excluding hydrogens is 208 g/mol. The van der Waals surface area contributed by atoms with Gasteiger partial charge in [0.15, 0.2) is 0 Å². The van der Waals surface area contributed by atoms with Crippen LogP contribution in [0, 0.1) is 0 Å². The summed E-state index contributed by atoms with van der Waals surface area (Å²) in [6, 6.07) is 0. The molecule has 1 heterocycles. The van der Waals surface area contributed by atoms with E-state index in [9.17, 15) is 4.79 Å². The highest BCUT2D eigenvalue weighted by Gasteiger charge is 2.04. The van der Waals surface area contributed by atoms with Crippen molar-refractivity contribution < 1.29 is 4.79 Å². The van der Waals surface area contributed by atoms with Crippen molar-refractivity contribution >= 4 is 5.91 Å². The Hall–Kier alpha value is -1.47. The van der Waals surface area contributed by atoms with Crippen LogP contribution >= 0.6 is 0 Å². The highest BCUT2D eigenvalue weighted by atomic mass is 16.2. The Labute approximate surface area is 94.2 Å². The van der Waals surface area contributed by atoms with E-state index in [2.05, 4.69) is 15.6 Å². The van der Waals surface area contributed by atoms with Gasteiger partial charge in [-0.2, -0.15) is 0 Å². The van der Waals surface area contributed by atoms with Crippen molar-refractivity contribution in [1.29, 1.82) is 0 Å². The summed E-state index contributed by atoms with van der Waals surface area (Å²) in [6.45, 7) is 1.81. The number of hydrogen-bond acceptors (Lipinski definition) is 5. The molecule has 0 spiro atoms. The molecule has 0 fully saturated rings. The van der Waals surface area contributed by atoms with E-state index in [1.807, 2.05) is 0 Å². The molecule has 0 unspecified atom stereocenters. The molecule has 0 aliphatic rings. The highest BCUT2D eigenvalue weighted by Crippen LogP contribution is 1.91. The topological polar surface area (TPSA) is 112 Å². The quantitative estimate of drug-likeness (QED) is 0.495. The van der Waals surface area contributed by atoms with Crippen LogP contribution in [0.3, 0.4) is 0 Å². The van der Waals surface area contributed by atoms with E-state index >= 15 is 0 Å². The predicted molar refractivity (Wildman–Crippen MR) is 59.2 cm³/mol. The minimum absolute atomic E-state index is 0.0782. The lowest BCUT2D eigenvalue weighted by atomic mass is 10.3. The fraction of sp³-hybridized carbons (Fsp3) is 0.667. The Bertz CT molecular complexity index is 324. The molecule has 7 nitrogen and oxygen atoms in total. The van der Waals surface area contributed by atoms with Gasteiger partial charge in [-0.25, -0.2) is 4.68 Å². The van der Waals surface area contributed by atoms with Gasteiger partial charge in [0, 0.05) is 13.1 Å². The lowest BCUT2D eigenvalue weighted by Gasteiger charge is -2.03. The van der Waals surface area contributed by atoms with Crippen LogP contribution in [-0.2, 0) is 17.9 Å². The minimum Gasteiger partial charge on any atom is -0.354 e. The fourth-order valence-electron chi connectivity index (χ4n) is 1.21.